The molecule has 6 heteroatoms. The molecule has 104 valence electrons. The predicted octanol–water partition coefficient (Wildman–Crippen LogP) is 2.02. The van der Waals surface area contributed by atoms with Gasteiger partial charge < -0.3 is 5.11 Å². The second kappa shape index (κ2) is 6.04. The minimum Gasteiger partial charge on any atom is -0.508 e. The maximum absolute atomic E-state index is 12.2. The standard InChI is InChI=1S/C13H18N2O3S/c1-4-13(9-14)19(17,18)15(3)10(2)11-5-7-12(16)8-6-11/h5-8,10,13,16H,4H2,1-3H3. The van der Waals surface area contributed by atoms with Gasteiger partial charge in [0, 0.05) is 13.1 Å². The minimum atomic E-state index is -3.65. The van der Waals surface area contributed by atoms with E-state index in [0.717, 1.165) is 5.56 Å². The Bertz CT molecular complexity index is 561. The van der Waals surface area contributed by atoms with Gasteiger partial charge >= 0.3 is 0 Å². The highest BCUT2D eigenvalue weighted by atomic mass is 32.2. The second-order valence-corrected chi connectivity index (χ2v) is 6.53. The van der Waals surface area contributed by atoms with Crippen LogP contribution < -0.4 is 0 Å². The quantitative estimate of drug-likeness (QED) is 0.895. The third-order valence-electron chi connectivity index (χ3n) is 3.20. The largest absolute Gasteiger partial charge is 0.508 e. The molecule has 0 aliphatic carbocycles. The van der Waals surface area contributed by atoms with E-state index in [4.69, 9.17) is 5.26 Å². The van der Waals surface area contributed by atoms with E-state index in [1.165, 1.54) is 23.5 Å². The van der Waals surface area contributed by atoms with Crippen LogP contribution in [0.2, 0.25) is 0 Å². The van der Waals surface area contributed by atoms with E-state index in [9.17, 15) is 13.5 Å². The van der Waals surface area contributed by atoms with Crippen LogP contribution in [0.5, 0.6) is 5.75 Å². The van der Waals surface area contributed by atoms with Gasteiger partial charge in [0.25, 0.3) is 0 Å². The predicted molar refractivity (Wildman–Crippen MR) is 72.9 cm³/mol. The van der Waals surface area contributed by atoms with Crippen LogP contribution in [-0.4, -0.2) is 30.1 Å². The molecular weight excluding hydrogens is 264 g/mol. The molecule has 1 rings (SSSR count). The van der Waals surface area contributed by atoms with Crippen molar-refractivity contribution in [2.75, 3.05) is 7.05 Å². The summed E-state index contributed by atoms with van der Waals surface area (Å²) in [4.78, 5) is 0. The Labute approximate surface area is 114 Å². The molecule has 0 radical (unpaired) electrons. The highest BCUT2D eigenvalue weighted by molar-refractivity contribution is 7.90. The van der Waals surface area contributed by atoms with Crippen LogP contribution in [0.15, 0.2) is 24.3 Å². The van der Waals surface area contributed by atoms with Gasteiger partial charge in [0.1, 0.15) is 5.75 Å². The normalized spacial score (nSPS) is 14.9. The molecule has 19 heavy (non-hydrogen) atoms. The molecule has 0 aliphatic rings. The van der Waals surface area contributed by atoms with Crippen LogP contribution in [0.1, 0.15) is 31.9 Å². The third-order valence-corrected chi connectivity index (χ3v) is 5.47. The molecule has 1 aromatic rings. The smallest absolute Gasteiger partial charge is 0.230 e. The molecule has 0 aromatic heterocycles. The number of nitriles is 1. The molecule has 0 fully saturated rings. The fraction of sp³-hybridized carbons (Fsp3) is 0.462. The number of nitrogens with zero attached hydrogens (tertiary/aromatic N) is 2. The van der Waals surface area contributed by atoms with Gasteiger partial charge in [-0.3, -0.25) is 0 Å². The molecule has 1 N–H and O–H groups in total. The summed E-state index contributed by atoms with van der Waals surface area (Å²) in [6.45, 7) is 3.42. The molecule has 0 bridgehead atoms. The molecule has 0 heterocycles. The minimum absolute atomic E-state index is 0.130. The van der Waals surface area contributed by atoms with Crippen molar-refractivity contribution in [1.82, 2.24) is 4.31 Å². The third kappa shape index (κ3) is 3.25. The average molecular weight is 282 g/mol. The maximum Gasteiger partial charge on any atom is 0.230 e. The Balaban J connectivity index is 3.03. The Morgan fingerprint density at radius 3 is 2.32 bits per heavy atom. The van der Waals surface area contributed by atoms with Crippen LogP contribution in [0.25, 0.3) is 0 Å². The Morgan fingerprint density at radius 1 is 1.37 bits per heavy atom. The van der Waals surface area contributed by atoms with Crippen LogP contribution in [0, 0.1) is 11.3 Å². The first-order valence-corrected chi connectivity index (χ1v) is 7.50. The number of benzene rings is 1. The van der Waals surface area contributed by atoms with Crippen molar-refractivity contribution in [2.24, 2.45) is 0 Å². The lowest BCUT2D eigenvalue weighted by atomic mass is 10.1. The highest BCUT2D eigenvalue weighted by Crippen LogP contribution is 2.25. The van der Waals surface area contributed by atoms with Crippen molar-refractivity contribution in [3.05, 3.63) is 29.8 Å². The summed E-state index contributed by atoms with van der Waals surface area (Å²) < 4.78 is 25.7. The number of hydrogen-bond donors (Lipinski definition) is 1. The van der Waals surface area contributed by atoms with E-state index in [2.05, 4.69) is 0 Å². The SMILES string of the molecule is CCC(C#N)S(=O)(=O)N(C)C(C)c1ccc(O)cc1. The Kier molecular flexibility index (Phi) is 4.92. The molecule has 5 nitrogen and oxygen atoms in total. The maximum atomic E-state index is 12.2. The topological polar surface area (TPSA) is 81.4 Å². The Hall–Kier alpha value is -1.58. The van der Waals surface area contributed by atoms with Gasteiger partial charge in [-0.05, 0) is 31.0 Å². The van der Waals surface area contributed by atoms with E-state index >= 15 is 0 Å². The monoisotopic (exact) mass is 282 g/mol. The van der Waals surface area contributed by atoms with Crippen molar-refractivity contribution in [3.63, 3.8) is 0 Å². The first kappa shape index (κ1) is 15.5. The molecule has 2 unspecified atom stereocenters. The van der Waals surface area contributed by atoms with E-state index in [-0.39, 0.29) is 12.2 Å². The van der Waals surface area contributed by atoms with Crippen LogP contribution >= 0.6 is 0 Å². The zero-order chi connectivity index (χ0) is 14.6. The number of phenols is 1. The van der Waals surface area contributed by atoms with Gasteiger partial charge in [-0.1, -0.05) is 19.1 Å². The molecule has 0 saturated carbocycles. The van der Waals surface area contributed by atoms with Crippen molar-refractivity contribution in [1.29, 1.82) is 5.26 Å². The van der Waals surface area contributed by atoms with Crippen LogP contribution in [0.3, 0.4) is 0 Å². The molecular formula is C13H18N2O3S. The van der Waals surface area contributed by atoms with Crippen molar-refractivity contribution in [3.8, 4) is 11.8 Å². The zero-order valence-electron chi connectivity index (χ0n) is 11.2. The number of sulfonamides is 1. The van der Waals surface area contributed by atoms with Crippen molar-refractivity contribution < 1.29 is 13.5 Å². The molecule has 0 spiro atoms. The molecule has 2 atom stereocenters. The van der Waals surface area contributed by atoms with Gasteiger partial charge in [0.05, 0.1) is 6.07 Å². The van der Waals surface area contributed by atoms with Gasteiger partial charge in [-0.2, -0.15) is 9.57 Å². The summed E-state index contributed by atoms with van der Waals surface area (Å²) in [6, 6.07) is 7.77. The molecule has 1 aromatic carbocycles. The lowest BCUT2D eigenvalue weighted by Gasteiger charge is -2.26. The van der Waals surface area contributed by atoms with E-state index < -0.39 is 21.3 Å². The second-order valence-electron chi connectivity index (χ2n) is 4.35. The van der Waals surface area contributed by atoms with Crippen LogP contribution in [-0.2, 0) is 10.0 Å². The summed E-state index contributed by atoms with van der Waals surface area (Å²) in [5.41, 5.74) is 0.761. The number of rotatable bonds is 5. The van der Waals surface area contributed by atoms with Gasteiger partial charge in [-0.15, -0.1) is 0 Å². The number of phenolic OH excluding ortho intramolecular Hbond substituents is 1. The number of hydrogen-bond acceptors (Lipinski definition) is 4. The highest BCUT2D eigenvalue weighted by Gasteiger charge is 2.31. The summed E-state index contributed by atoms with van der Waals surface area (Å²) in [6.07, 6.45) is 0.255. The first-order chi connectivity index (χ1) is 8.84. The lowest BCUT2D eigenvalue weighted by molar-refractivity contribution is 0.394. The fourth-order valence-electron chi connectivity index (χ4n) is 1.75. The summed E-state index contributed by atoms with van der Waals surface area (Å²) in [7, 11) is -2.18. The van der Waals surface area contributed by atoms with Crippen LogP contribution in [0.4, 0.5) is 0 Å². The average Bonchev–Trinajstić information content (AvgIpc) is 2.39. The van der Waals surface area contributed by atoms with E-state index in [1.54, 1.807) is 26.0 Å². The van der Waals surface area contributed by atoms with Gasteiger partial charge in [-0.25, -0.2) is 8.42 Å². The fourth-order valence-corrected chi connectivity index (χ4v) is 3.27. The zero-order valence-corrected chi connectivity index (χ0v) is 12.1. The Morgan fingerprint density at radius 2 is 1.89 bits per heavy atom. The lowest BCUT2D eigenvalue weighted by Crippen LogP contribution is -2.36. The molecule has 0 saturated heterocycles. The van der Waals surface area contributed by atoms with Crippen molar-refractivity contribution in [2.45, 2.75) is 31.6 Å². The van der Waals surface area contributed by atoms with Gasteiger partial charge in [0.15, 0.2) is 5.25 Å². The first-order valence-electron chi connectivity index (χ1n) is 6.00. The number of aromatic hydroxyl groups is 1. The van der Waals surface area contributed by atoms with E-state index in [1.807, 2.05) is 6.07 Å². The molecule has 0 amide bonds. The summed E-state index contributed by atoms with van der Waals surface area (Å²) in [5.74, 6) is 0.130. The summed E-state index contributed by atoms with van der Waals surface area (Å²) >= 11 is 0. The van der Waals surface area contributed by atoms with E-state index in [0.29, 0.717) is 0 Å². The summed E-state index contributed by atoms with van der Waals surface area (Å²) in [5, 5.41) is 17.1. The molecule has 0 aliphatic heterocycles. The van der Waals surface area contributed by atoms with Gasteiger partial charge in [0.2, 0.25) is 10.0 Å². The van der Waals surface area contributed by atoms with Crippen molar-refractivity contribution >= 4 is 10.0 Å².